The molecule has 0 fully saturated rings. The number of rotatable bonds is 47. The Labute approximate surface area is 376 Å². The van der Waals surface area contributed by atoms with E-state index in [-0.39, 0.29) is 25.0 Å². The van der Waals surface area contributed by atoms with Crippen LogP contribution in [0.25, 0.3) is 0 Å². The van der Waals surface area contributed by atoms with Crippen molar-refractivity contribution in [2.24, 2.45) is 0 Å². The number of carbonyl (C=O) groups is 1. The van der Waals surface area contributed by atoms with Crippen molar-refractivity contribution in [1.29, 1.82) is 0 Å². The molecule has 0 aromatic rings. The minimum Gasteiger partial charge on any atom is -0.393 e. The number of allylic oxidation sites excluding steroid dienone is 8. The zero-order valence-electron chi connectivity index (χ0n) is 39.7. The van der Waals surface area contributed by atoms with Crippen molar-refractivity contribution in [1.82, 2.24) is 0 Å². The van der Waals surface area contributed by atoms with Gasteiger partial charge in [0.1, 0.15) is 12.1 Å². The van der Waals surface area contributed by atoms with Crippen molar-refractivity contribution in [2.45, 2.75) is 269 Å². The molecule has 7 heteroatoms. The summed E-state index contributed by atoms with van der Waals surface area (Å²) in [4.78, 5) is 12.5. The maximum atomic E-state index is 12.5. The number of carbonyl (C=O) groups excluding carboxylic acids is 1. The Morgan fingerprint density at radius 2 is 0.902 bits per heavy atom. The molecule has 356 valence electrons. The van der Waals surface area contributed by atoms with Gasteiger partial charge >= 0.3 is 5.91 Å². The topological polar surface area (TPSA) is 135 Å². The third-order valence-electron chi connectivity index (χ3n) is 11.9. The predicted octanol–water partition coefficient (Wildman–Crippen LogP) is 12.4. The Bertz CT molecular complexity index is 1060. The fourth-order valence-electron chi connectivity index (χ4n) is 7.81. The van der Waals surface area contributed by atoms with Crippen LogP contribution in [0.2, 0.25) is 0 Å². The van der Waals surface area contributed by atoms with Gasteiger partial charge in [-0.25, -0.2) is 4.79 Å². The summed E-state index contributed by atoms with van der Waals surface area (Å²) < 4.78 is 0. The van der Waals surface area contributed by atoms with Crippen molar-refractivity contribution in [3.05, 3.63) is 61.3 Å². The Balaban J connectivity index is 3.76. The van der Waals surface area contributed by atoms with Crippen molar-refractivity contribution >= 4 is 5.91 Å². The highest BCUT2D eigenvalue weighted by atomic mass is 16.3. The van der Waals surface area contributed by atoms with Gasteiger partial charge in [0.05, 0.1) is 31.3 Å². The highest BCUT2D eigenvalue weighted by Crippen LogP contribution is 2.15. The molecule has 0 saturated heterocycles. The number of aliphatic hydroxyl groups excluding tert-OH is 5. The number of amides is 1. The lowest BCUT2D eigenvalue weighted by molar-refractivity contribution is -0.619. The molecule has 61 heavy (non-hydrogen) atoms. The van der Waals surface area contributed by atoms with E-state index in [0.29, 0.717) is 32.1 Å². The van der Waals surface area contributed by atoms with Crippen LogP contribution in [-0.4, -0.2) is 68.5 Å². The molecule has 5 atom stereocenters. The van der Waals surface area contributed by atoms with E-state index in [9.17, 15) is 30.3 Å². The van der Waals surface area contributed by atoms with E-state index >= 15 is 0 Å². The third kappa shape index (κ3) is 43.2. The lowest BCUT2D eigenvalue weighted by Crippen LogP contribution is -2.97. The normalized spacial score (nSPS) is 14.8. The second-order valence-corrected chi connectivity index (χ2v) is 17.9. The molecular formula is C54H100NO6+. The van der Waals surface area contributed by atoms with E-state index in [4.69, 9.17) is 0 Å². The van der Waals surface area contributed by atoms with Gasteiger partial charge in [0.25, 0.3) is 0 Å². The number of primary amides is 1. The molecule has 0 heterocycles. The standard InChI is InChI=1S/C54H99NO6/c1-3-5-7-9-11-13-15-17-18-19-20-21-22-23-24-25-26-27-28-30-32-34-37-42-49(57)43-38-36-39-44-50(58)45-41-47-53(60)55-51(48-56)54(61)52(59)46-40-35-33-31-29-16-14-12-10-8-6-4-2/h3,18-19,22-23,28,30,36,38,49-52,54,56-59,61H,1,4-17,20-21,24-27,29,31-35,37,39-48H2,2H3,(H,55,60)/p+1/b19-18+,23-22+,30-28+,38-36+. The predicted molar refractivity (Wildman–Crippen MR) is 260 cm³/mol. The van der Waals surface area contributed by atoms with Crippen LogP contribution in [0.5, 0.6) is 0 Å². The first-order valence-electron chi connectivity index (χ1n) is 25.8. The second kappa shape index (κ2) is 47.6. The highest BCUT2D eigenvalue weighted by Gasteiger charge is 2.30. The van der Waals surface area contributed by atoms with Gasteiger partial charge in [-0.05, 0) is 122 Å². The maximum Gasteiger partial charge on any atom is 0.310 e. The number of nitrogens with two attached hydrogens (primary N) is 1. The number of hydrogen-bond acceptors (Lipinski definition) is 6. The van der Waals surface area contributed by atoms with E-state index in [2.05, 4.69) is 50.0 Å². The fraction of sp³-hybridized carbons (Fsp3) is 0.796. The van der Waals surface area contributed by atoms with E-state index in [1.807, 2.05) is 18.2 Å². The first-order chi connectivity index (χ1) is 29.8. The van der Waals surface area contributed by atoms with Crippen LogP contribution in [0.4, 0.5) is 0 Å². The Morgan fingerprint density at radius 3 is 1.44 bits per heavy atom. The Kier molecular flexibility index (Phi) is 46.1. The fourth-order valence-corrected chi connectivity index (χ4v) is 7.81. The molecule has 0 aliphatic carbocycles. The van der Waals surface area contributed by atoms with Crippen LogP contribution in [0, 0.1) is 0 Å². The largest absolute Gasteiger partial charge is 0.393 e. The molecule has 0 aliphatic rings. The maximum absolute atomic E-state index is 12.5. The summed E-state index contributed by atoms with van der Waals surface area (Å²) >= 11 is 0. The molecule has 0 bridgehead atoms. The molecule has 7 nitrogen and oxygen atoms in total. The van der Waals surface area contributed by atoms with E-state index < -0.39 is 24.4 Å². The van der Waals surface area contributed by atoms with Crippen molar-refractivity contribution in [2.75, 3.05) is 6.61 Å². The van der Waals surface area contributed by atoms with Gasteiger partial charge in [0, 0.05) is 0 Å². The van der Waals surface area contributed by atoms with Crippen LogP contribution in [-0.2, 0) is 4.79 Å². The first kappa shape index (κ1) is 59.1. The monoisotopic (exact) mass is 859 g/mol. The average Bonchev–Trinajstić information content (AvgIpc) is 3.25. The third-order valence-corrected chi connectivity index (χ3v) is 11.9. The highest BCUT2D eigenvalue weighted by molar-refractivity contribution is 5.65. The Morgan fingerprint density at radius 1 is 0.475 bits per heavy atom. The Hall–Kier alpha value is -1.87. The SMILES string of the molecule is C=CCCCCCCC/C=C/CC/C=C/CCCC/C=C/CCCCC(O)C/C=C/CCC(O)CCCC(=O)[NH2+]C(CO)C(O)C(O)CCCCCCCCCCCCCC. The van der Waals surface area contributed by atoms with Gasteiger partial charge < -0.3 is 25.5 Å². The van der Waals surface area contributed by atoms with Crippen molar-refractivity contribution in [3.63, 3.8) is 0 Å². The van der Waals surface area contributed by atoms with Gasteiger partial charge in [0.15, 0.2) is 0 Å². The molecule has 0 aromatic heterocycles. The number of hydrogen-bond donors (Lipinski definition) is 6. The van der Waals surface area contributed by atoms with Crippen LogP contribution in [0.15, 0.2) is 61.3 Å². The van der Waals surface area contributed by atoms with E-state index in [1.54, 1.807) is 0 Å². The quantitative estimate of drug-likeness (QED) is 0.0267. The first-order valence-corrected chi connectivity index (χ1v) is 25.8. The number of unbranched alkanes of at least 4 members (excludes halogenated alkanes) is 23. The summed E-state index contributed by atoms with van der Waals surface area (Å²) in [5, 5.41) is 53.0. The minimum atomic E-state index is -1.16. The molecule has 7 N–H and O–H groups in total. The molecule has 0 saturated carbocycles. The van der Waals surface area contributed by atoms with Gasteiger partial charge in [-0.2, -0.15) is 0 Å². The van der Waals surface area contributed by atoms with Crippen LogP contribution in [0.3, 0.4) is 0 Å². The summed E-state index contributed by atoms with van der Waals surface area (Å²) in [6.45, 7) is 5.64. The molecular weight excluding hydrogens is 759 g/mol. The van der Waals surface area contributed by atoms with Gasteiger partial charge in [-0.1, -0.05) is 164 Å². The van der Waals surface area contributed by atoms with Gasteiger partial charge in [-0.3, -0.25) is 5.32 Å². The summed E-state index contributed by atoms with van der Waals surface area (Å²) in [6, 6.07) is -0.786. The molecule has 0 aliphatic heterocycles. The second-order valence-electron chi connectivity index (χ2n) is 17.9. The van der Waals surface area contributed by atoms with Crippen molar-refractivity contribution in [3.8, 4) is 0 Å². The number of quaternary nitrogens is 1. The number of aliphatic hydroxyl groups is 5. The molecule has 0 aromatic carbocycles. The molecule has 0 spiro atoms. The molecule has 5 unspecified atom stereocenters. The lowest BCUT2D eigenvalue weighted by atomic mass is 9.99. The molecule has 0 radical (unpaired) electrons. The average molecular weight is 859 g/mol. The lowest BCUT2D eigenvalue weighted by Gasteiger charge is -2.23. The molecule has 1 amide bonds. The summed E-state index contributed by atoms with van der Waals surface area (Å²) in [7, 11) is 0. The zero-order valence-corrected chi connectivity index (χ0v) is 39.7. The van der Waals surface area contributed by atoms with Crippen LogP contribution in [0.1, 0.15) is 238 Å². The van der Waals surface area contributed by atoms with E-state index in [0.717, 1.165) is 77.0 Å². The smallest absolute Gasteiger partial charge is 0.310 e. The van der Waals surface area contributed by atoms with Crippen molar-refractivity contribution < 1.29 is 35.6 Å². The zero-order chi connectivity index (χ0) is 44.7. The summed E-state index contributed by atoms with van der Waals surface area (Å²) in [6.07, 6.45) is 55.7. The van der Waals surface area contributed by atoms with Crippen LogP contribution < -0.4 is 5.32 Å². The van der Waals surface area contributed by atoms with Crippen LogP contribution >= 0.6 is 0 Å². The molecule has 0 rings (SSSR count). The van der Waals surface area contributed by atoms with Gasteiger partial charge in [0.2, 0.25) is 0 Å². The summed E-state index contributed by atoms with van der Waals surface area (Å²) in [5.74, 6) is -0.177. The minimum absolute atomic E-state index is 0.177. The van der Waals surface area contributed by atoms with E-state index in [1.165, 1.54) is 121 Å². The van der Waals surface area contributed by atoms with Gasteiger partial charge in [-0.15, -0.1) is 6.58 Å². The summed E-state index contributed by atoms with van der Waals surface area (Å²) in [5.41, 5.74) is 0.